The Labute approximate surface area is 114 Å². The fraction of sp³-hybridized carbons (Fsp3) is 0.286. The molecule has 0 spiro atoms. The summed E-state index contributed by atoms with van der Waals surface area (Å²) in [7, 11) is 0. The molecule has 0 radical (unpaired) electrons. The van der Waals surface area contributed by atoms with Crippen LogP contribution in [0, 0.1) is 0 Å². The maximum atomic E-state index is 12.5. The predicted molar refractivity (Wildman–Crippen MR) is 67.1 cm³/mol. The van der Waals surface area contributed by atoms with Gasteiger partial charge in [-0.1, -0.05) is 6.07 Å². The quantitative estimate of drug-likeness (QED) is 0.854. The van der Waals surface area contributed by atoms with E-state index in [0.29, 0.717) is 12.8 Å². The third kappa shape index (κ3) is 4.03. The molecule has 2 rings (SSSR count). The summed E-state index contributed by atoms with van der Waals surface area (Å²) in [6, 6.07) is 6.48. The molecule has 0 saturated carbocycles. The van der Waals surface area contributed by atoms with Gasteiger partial charge in [-0.25, -0.2) is 0 Å². The van der Waals surface area contributed by atoms with Crippen molar-refractivity contribution in [1.82, 2.24) is 0 Å². The summed E-state index contributed by atoms with van der Waals surface area (Å²) in [5, 5.41) is 0. The molecule has 20 heavy (non-hydrogen) atoms. The van der Waals surface area contributed by atoms with E-state index in [2.05, 4.69) is 0 Å². The first-order chi connectivity index (χ1) is 9.45. The van der Waals surface area contributed by atoms with E-state index < -0.39 is 18.0 Å². The van der Waals surface area contributed by atoms with E-state index in [9.17, 15) is 13.2 Å². The van der Waals surface area contributed by atoms with Crippen molar-refractivity contribution in [2.24, 2.45) is 5.73 Å². The zero-order valence-corrected chi connectivity index (χ0v) is 10.6. The number of nitrogens with two attached hydrogens (primary N) is 1. The number of hydrogen-bond acceptors (Lipinski definition) is 3. The number of aryl methyl sites for hydroxylation is 1. The van der Waals surface area contributed by atoms with Gasteiger partial charge in [-0.3, -0.25) is 5.73 Å². The summed E-state index contributed by atoms with van der Waals surface area (Å²) in [5.74, 6) is 0.111. The molecule has 0 bridgehead atoms. The molecule has 0 aliphatic carbocycles. The Balaban J connectivity index is 1.92. The van der Waals surface area contributed by atoms with Crippen LogP contribution >= 0.6 is 0 Å². The molecule has 0 fully saturated rings. The van der Waals surface area contributed by atoms with Crippen LogP contribution in [0.5, 0.6) is 5.75 Å². The minimum atomic E-state index is -4.39. The Morgan fingerprint density at radius 2 is 2.05 bits per heavy atom. The second-order valence-corrected chi connectivity index (χ2v) is 4.35. The van der Waals surface area contributed by atoms with Crippen LogP contribution in [0.3, 0.4) is 0 Å². The normalized spacial score (nSPS) is 13.2. The minimum Gasteiger partial charge on any atom is -0.476 e. The zero-order valence-electron chi connectivity index (χ0n) is 10.6. The van der Waals surface area contributed by atoms with Gasteiger partial charge in [0.05, 0.1) is 18.1 Å². The van der Waals surface area contributed by atoms with Gasteiger partial charge in [-0.2, -0.15) is 13.2 Å². The predicted octanol–water partition coefficient (Wildman–Crippen LogP) is 3.59. The van der Waals surface area contributed by atoms with Crippen LogP contribution in [0.25, 0.3) is 0 Å². The molecule has 2 aromatic rings. The Morgan fingerprint density at radius 1 is 1.25 bits per heavy atom. The van der Waals surface area contributed by atoms with E-state index in [4.69, 9.17) is 14.9 Å². The van der Waals surface area contributed by atoms with Crippen molar-refractivity contribution in [3.63, 3.8) is 0 Å². The van der Waals surface area contributed by atoms with Crippen LogP contribution in [0.1, 0.15) is 17.5 Å². The molecule has 6 heteroatoms. The van der Waals surface area contributed by atoms with Crippen molar-refractivity contribution in [2.45, 2.75) is 25.2 Å². The topological polar surface area (TPSA) is 48.4 Å². The van der Waals surface area contributed by atoms with Gasteiger partial charge in [0.2, 0.25) is 0 Å². The number of alkyl halides is 3. The van der Waals surface area contributed by atoms with Crippen LogP contribution in [0.2, 0.25) is 0 Å². The van der Waals surface area contributed by atoms with Gasteiger partial charge in [-0.15, -0.1) is 0 Å². The minimum absolute atomic E-state index is 0.111. The molecule has 0 aliphatic heterocycles. The molecular weight excluding hydrogens is 271 g/mol. The highest BCUT2D eigenvalue weighted by atomic mass is 19.4. The molecule has 0 aliphatic rings. The Bertz CT molecular complexity index is 538. The third-order valence-corrected chi connectivity index (χ3v) is 2.75. The first kappa shape index (κ1) is 14.5. The maximum absolute atomic E-state index is 12.5. The summed E-state index contributed by atoms with van der Waals surface area (Å²) in [5.41, 5.74) is 5.96. The zero-order chi connectivity index (χ0) is 14.6. The van der Waals surface area contributed by atoms with Crippen molar-refractivity contribution in [3.05, 3.63) is 54.0 Å². The summed E-state index contributed by atoms with van der Waals surface area (Å²) < 4.78 is 47.8. The van der Waals surface area contributed by atoms with Gasteiger partial charge in [0, 0.05) is 6.42 Å². The molecule has 3 nitrogen and oxygen atoms in total. The average Bonchev–Trinajstić information content (AvgIpc) is 2.89. The van der Waals surface area contributed by atoms with Crippen LogP contribution in [-0.2, 0) is 12.6 Å². The van der Waals surface area contributed by atoms with E-state index in [-0.39, 0.29) is 5.75 Å². The average molecular weight is 285 g/mol. The second-order valence-electron chi connectivity index (χ2n) is 4.35. The number of rotatable bonds is 5. The largest absolute Gasteiger partial charge is 0.476 e. The molecule has 108 valence electrons. The van der Waals surface area contributed by atoms with E-state index in [0.717, 1.165) is 17.7 Å². The van der Waals surface area contributed by atoms with E-state index in [1.54, 1.807) is 18.6 Å². The lowest BCUT2D eigenvalue weighted by Gasteiger charge is -2.15. The first-order valence-corrected chi connectivity index (χ1v) is 6.06. The summed E-state index contributed by atoms with van der Waals surface area (Å²) in [6.07, 6.45) is -0.800. The lowest BCUT2D eigenvalue weighted by molar-refractivity contribution is -0.137. The molecule has 0 amide bonds. The number of furan rings is 1. The molecule has 1 heterocycles. The molecule has 1 atom stereocenters. The standard InChI is InChI=1S/C14H14F3NO2/c15-14(16,17)11-2-1-3-12(8-11)20-13(18)5-4-10-6-7-19-9-10/h1-3,6-9,13H,4-5,18H2. The summed E-state index contributed by atoms with van der Waals surface area (Å²) in [6.45, 7) is 0. The Kier molecular flexibility index (Phi) is 4.34. The molecule has 1 unspecified atom stereocenters. The molecule has 0 saturated heterocycles. The number of benzene rings is 1. The van der Waals surface area contributed by atoms with Crippen LogP contribution in [-0.4, -0.2) is 6.23 Å². The van der Waals surface area contributed by atoms with Gasteiger partial charge in [-0.05, 0) is 36.2 Å². The van der Waals surface area contributed by atoms with Gasteiger partial charge in [0.15, 0.2) is 0 Å². The van der Waals surface area contributed by atoms with E-state index in [1.165, 1.54) is 12.1 Å². The third-order valence-electron chi connectivity index (χ3n) is 2.75. The van der Waals surface area contributed by atoms with Crippen molar-refractivity contribution < 1.29 is 22.3 Å². The highest BCUT2D eigenvalue weighted by Crippen LogP contribution is 2.31. The molecule has 2 N–H and O–H groups in total. The van der Waals surface area contributed by atoms with Gasteiger partial charge < -0.3 is 9.15 Å². The molecule has 1 aromatic carbocycles. The van der Waals surface area contributed by atoms with Gasteiger partial charge in [0.1, 0.15) is 12.0 Å². The number of hydrogen-bond donors (Lipinski definition) is 1. The SMILES string of the molecule is NC(CCc1ccoc1)Oc1cccc(C(F)(F)F)c1. The smallest absolute Gasteiger partial charge is 0.416 e. The van der Waals surface area contributed by atoms with E-state index >= 15 is 0 Å². The molecule has 1 aromatic heterocycles. The molecular formula is C14H14F3NO2. The Morgan fingerprint density at radius 3 is 2.70 bits per heavy atom. The lowest BCUT2D eigenvalue weighted by Crippen LogP contribution is -2.27. The van der Waals surface area contributed by atoms with Crippen molar-refractivity contribution >= 4 is 0 Å². The highest BCUT2D eigenvalue weighted by Gasteiger charge is 2.30. The van der Waals surface area contributed by atoms with Crippen LogP contribution in [0.15, 0.2) is 47.3 Å². The second kappa shape index (κ2) is 6.00. The van der Waals surface area contributed by atoms with Crippen LogP contribution in [0.4, 0.5) is 13.2 Å². The van der Waals surface area contributed by atoms with Crippen LogP contribution < -0.4 is 10.5 Å². The fourth-order valence-corrected chi connectivity index (χ4v) is 1.72. The first-order valence-electron chi connectivity index (χ1n) is 6.06. The maximum Gasteiger partial charge on any atom is 0.416 e. The highest BCUT2D eigenvalue weighted by molar-refractivity contribution is 5.30. The summed E-state index contributed by atoms with van der Waals surface area (Å²) in [4.78, 5) is 0. The van der Waals surface area contributed by atoms with Crippen molar-refractivity contribution in [1.29, 1.82) is 0 Å². The Hall–Kier alpha value is -1.95. The van der Waals surface area contributed by atoms with Crippen molar-refractivity contribution in [3.8, 4) is 5.75 Å². The van der Waals surface area contributed by atoms with Crippen molar-refractivity contribution in [2.75, 3.05) is 0 Å². The van der Waals surface area contributed by atoms with E-state index in [1.807, 2.05) is 0 Å². The number of ether oxygens (including phenoxy) is 1. The van der Waals surface area contributed by atoms with Gasteiger partial charge >= 0.3 is 6.18 Å². The monoisotopic (exact) mass is 285 g/mol. The lowest BCUT2D eigenvalue weighted by atomic mass is 10.2. The summed E-state index contributed by atoms with van der Waals surface area (Å²) >= 11 is 0. The number of halogens is 3. The van der Waals surface area contributed by atoms with Gasteiger partial charge in [0.25, 0.3) is 0 Å². The fourth-order valence-electron chi connectivity index (χ4n) is 1.72.